The number of hydrogen-bond acceptors (Lipinski definition) is 4. The Morgan fingerprint density at radius 2 is 1.85 bits per heavy atom. The average molecular weight is 391 g/mol. The second kappa shape index (κ2) is 7.68. The van der Waals surface area contributed by atoms with E-state index in [-0.39, 0.29) is 29.6 Å². The smallest absolute Gasteiger partial charge is 0.254 e. The van der Waals surface area contributed by atoms with Crippen LogP contribution in [0.2, 0.25) is 0 Å². The van der Waals surface area contributed by atoms with Crippen molar-refractivity contribution in [2.24, 2.45) is 0 Å². The molecule has 1 aliphatic carbocycles. The van der Waals surface area contributed by atoms with Crippen LogP contribution in [-0.4, -0.2) is 43.3 Å². The Labute approximate surface area is 158 Å². The predicted octanol–water partition coefficient (Wildman–Crippen LogP) is 3.66. The van der Waals surface area contributed by atoms with Crippen molar-refractivity contribution in [3.63, 3.8) is 0 Å². The van der Waals surface area contributed by atoms with Gasteiger partial charge in [-0.1, -0.05) is 6.07 Å². The van der Waals surface area contributed by atoms with Crippen molar-refractivity contribution in [2.75, 3.05) is 12.0 Å². The first-order valence-corrected chi connectivity index (χ1v) is 10.8. The largest absolute Gasteiger partial charge is 0.457 e. The molecule has 3 rings (SSSR count). The number of amides is 1. The quantitative estimate of drug-likeness (QED) is 0.723. The fourth-order valence-electron chi connectivity index (χ4n) is 3.08. The number of sulfone groups is 1. The minimum Gasteiger partial charge on any atom is -0.457 e. The van der Waals surface area contributed by atoms with Gasteiger partial charge in [0.1, 0.15) is 27.2 Å². The van der Waals surface area contributed by atoms with E-state index in [0.29, 0.717) is 17.1 Å². The molecule has 1 saturated carbocycles. The van der Waals surface area contributed by atoms with Crippen LogP contribution in [0.15, 0.2) is 48.5 Å². The molecule has 0 spiro atoms. The van der Waals surface area contributed by atoms with Gasteiger partial charge in [0.05, 0.1) is 5.75 Å². The Morgan fingerprint density at radius 1 is 1.19 bits per heavy atom. The number of ether oxygens (including phenoxy) is 1. The number of benzene rings is 2. The molecule has 0 heterocycles. The second-order valence-corrected chi connectivity index (χ2v) is 9.15. The van der Waals surface area contributed by atoms with E-state index in [2.05, 4.69) is 0 Å². The molecule has 2 aromatic rings. The zero-order valence-electron chi connectivity index (χ0n) is 15.3. The minimum absolute atomic E-state index is 0.0595. The van der Waals surface area contributed by atoms with Crippen LogP contribution in [0.1, 0.15) is 30.1 Å². The van der Waals surface area contributed by atoms with Gasteiger partial charge in [-0.05, 0) is 56.2 Å². The number of hydrogen-bond donors (Lipinski definition) is 0. The molecule has 1 atom stereocenters. The summed E-state index contributed by atoms with van der Waals surface area (Å²) in [6.07, 6.45) is 2.96. The lowest BCUT2D eigenvalue weighted by Gasteiger charge is -2.29. The van der Waals surface area contributed by atoms with Gasteiger partial charge in [0.15, 0.2) is 0 Å². The fourth-order valence-corrected chi connectivity index (χ4v) is 4.12. The summed E-state index contributed by atoms with van der Waals surface area (Å²) in [6, 6.07) is 12.1. The van der Waals surface area contributed by atoms with Crippen LogP contribution >= 0.6 is 0 Å². The highest BCUT2D eigenvalue weighted by Gasteiger charge is 2.37. The first-order chi connectivity index (χ1) is 12.7. The summed E-state index contributed by atoms with van der Waals surface area (Å²) in [7, 11) is -3.18. The van der Waals surface area contributed by atoms with Crippen LogP contribution in [0.4, 0.5) is 4.39 Å². The lowest BCUT2D eigenvalue weighted by molar-refractivity contribution is 0.0693. The molecule has 0 saturated heterocycles. The van der Waals surface area contributed by atoms with Crippen LogP contribution in [0.3, 0.4) is 0 Å². The van der Waals surface area contributed by atoms with Crippen molar-refractivity contribution in [1.29, 1.82) is 0 Å². The van der Waals surface area contributed by atoms with E-state index in [1.165, 1.54) is 18.4 Å². The lowest BCUT2D eigenvalue weighted by atomic mass is 10.1. The fraction of sp³-hybridized carbons (Fsp3) is 0.350. The molecule has 0 bridgehead atoms. The average Bonchev–Trinajstić information content (AvgIpc) is 3.39. The molecule has 0 aromatic heterocycles. The molecular formula is C20H22FNO4S. The molecule has 144 valence electrons. The zero-order chi connectivity index (χ0) is 19.6. The van der Waals surface area contributed by atoms with Crippen LogP contribution in [0, 0.1) is 5.82 Å². The number of halogens is 1. The van der Waals surface area contributed by atoms with Gasteiger partial charge in [0, 0.05) is 30.0 Å². The van der Waals surface area contributed by atoms with Gasteiger partial charge in [-0.25, -0.2) is 12.8 Å². The van der Waals surface area contributed by atoms with Crippen LogP contribution in [0.25, 0.3) is 0 Å². The van der Waals surface area contributed by atoms with Crippen LogP contribution in [0.5, 0.6) is 11.5 Å². The van der Waals surface area contributed by atoms with Crippen molar-refractivity contribution in [2.45, 2.75) is 31.8 Å². The summed E-state index contributed by atoms with van der Waals surface area (Å²) in [5.74, 6) is 0.218. The lowest BCUT2D eigenvalue weighted by Crippen LogP contribution is -2.43. The van der Waals surface area contributed by atoms with Crippen LogP contribution in [-0.2, 0) is 9.84 Å². The molecule has 1 aliphatic rings. The Balaban J connectivity index is 1.73. The first-order valence-electron chi connectivity index (χ1n) is 8.77. The molecular weight excluding hydrogens is 369 g/mol. The van der Waals surface area contributed by atoms with Gasteiger partial charge in [0.25, 0.3) is 5.91 Å². The van der Waals surface area contributed by atoms with Gasteiger partial charge in [0.2, 0.25) is 0 Å². The van der Waals surface area contributed by atoms with E-state index in [1.807, 2.05) is 0 Å². The topological polar surface area (TPSA) is 63.7 Å². The van der Waals surface area contributed by atoms with Gasteiger partial charge in [-0.15, -0.1) is 0 Å². The van der Waals surface area contributed by atoms with Gasteiger partial charge in [-0.2, -0.15) is 0 Å². The first kappa shape index (κ1) is 19.4. The summed E-state index contributed by atoms with van der Waals surface area (Å²) in [6.45, 7) is 1.76. The maximum atomic E-state index is 13.2. The number of nitrogens with zero attached hydrogens (tertiary/aromatic N) is 1. The molecule has 5 nitrogen and oxygen atoms in total. The Kier molecular flexibility index (Phi) is 5.51. The highest BCUT2D eigenvalue weighted by molar-refractivity contribution is 7.90. The molecule has 0 radical (unpaired) electrons. The van der Waals surface area contributed by atoms with Crippen molar-refractivity contribution in [1.82, 2.24) is 4.90 Å². The molecule has 0 aliphatic heterocycles. The van der Waals surface area contributed by atoms with E-state index in [4.69, 9.17) is 4.74 Å². The van der Waals surface area contributed by atoms with Crippen molar-refractivity contribution >= 4 is 15.7 Å². The number of carbonyl (C=O) groups is 1. The third kappa shape index (κ3) is 5.29. The minimum atomic E-state index is -3.18. The van der Waals surface area contributed by atoms with E-state index < -0.39 is 9.84 Å². The van der Waals surface area contributed by atoms with Crippen LogP contribution < -0.4 is 4.74 Å². The SMILES string of the molecule is CC(CS(C)(=O)=O)N(C(=O)c1ccc(Oc2cccc(F)c2)cc1)C1CC1. The molecule has 1 amide bonds. The van der Waals surface area contributed by atoms with Gasteiger partial charge < -0.3 is 9.64 Å². The Morgan fingerprint density at radius 3 is 2.41 bits per heavy atom. The van der Waals surface area contributed by atoms with E-state index >= 15 is 0 Å². The van der Waals surface area contributed by atoms with E-state index in [9.17, 15) is 17.6 Å². The highest BCUT2D eigenvalue weighted by atomic mass is 32.2. The number of carbonyl (C=O) groups excluding carboxylic acids is 1. The molecule has 7 heteroatoms. The standard InChI is InChI=1S/C20H22FNO4S/c1-14(13-27(2,24)25)22(17-8-9-17)20(23)15-6-10-18(11-7-15)26-19-5-3-4-16(21)12-19/h3-7,10-12,14,17H,8-9,13H2,1-2H3. The normalized spacial score (nSPS) is 15.2. The maximum Gasteiger partial charge on any atom is 0.254 e. The van der Waals surface area contributed by atoms with Crippen molar-refractivity contribution < 1.29 is 22.3 Å². The van der Waals surface area contributed by atoms with Crippen molar-refractivity contribution in [3.8, 4) is 11.5 Å². The summed E-state index contributed by atoms with van der Waals surface area (Å²) < 4.78 is 42.0. The molecule has 1 unspecified atom stereocenters. The molecule has 1 fully saturated rings. The summed E-state index contributed by atoms with van der Waals surface area (Å²) in [4.78, 5) is 14.6. The van der Waals surface area contributed by atoms with E-state index in [0.717, 1.165) is 12.8 Å². The molecule has 27 heavy (non-hydrogen) atoms. The maximum absolute atomic E-state index is 13.2. The Bertz CT molecular complexity index is 923. The summed E-state index contributed by atoms with van der Waals surface area (Å²) >= 11 is 0. The van der Waals surface area contributed by atoms with Gasteiger partial charge >= 0.3 is 0 Å². The Hall–Kier alpha value is -2.41. The third-order valence-electron chi connectivity index (χ3n) is 4.33. The van der Waals surface area contributed by atoms with Crippen molar-refractivity contribution in [3.05, 3.63) is 59.9 Å². The van der Waals surface area contributed by atoms with Gasteiger partial charge in [-0.3, -0.25) is 4.79 Å². The predicted molar refractivity (Wildman–Crippen MR) is 101 cm³/mol. The van der Waals surface area contributed by atoms with E-state index in [1.54, 1.807) is 48.2 Å². The molecule has 0 N–H and O–H groups in total. The monoisotopic (exact) mass is 391 g/mol. The second-order valence-electron chi connectivity index (χ2n) is 6.97. The summed E-state index contributed by atoms with van der Waals surface area (Å²) in [5, 5.41) is 0. The zero-order valence-corrected chi connectivity index (χ0v) is 16.1. The highest BCUT2D eigenvalue weighted by Crippen LogP contribution is 2.31. The molecule has 2 aromatic carbocycles. The third-order valence-corrected chi connectivity index (χ3v) is 5.41. The number of rotatable bonds is 7. The summed E-state index contributed by atoms with van der Waals surface area (Å²) in [5.41, 5.74) is 0.467.